The molecule has 1 aromatic heterocycles. The van der Waals surface area contributed by atoms with Gasteiger partial charge in [0.25, 0.3) is 5.56 Å². The molecule has 0 spiro atoms. The highest BCUT2D eigenvalue weighted by Gasteiger charge is 2.36. The molecule has 9 nitrogen and oxygen atoms in total. The first kappa shape index (κ1) is 29.6. The minimum absolute atomic E-state index is 0.159. The number of ether oxygens (including phenoxy) is 3. The number of allylic oxidation sites excluding steroid dienone is 1. The Bertz CT molecular complexity index is 1680. The lowest BCUT2D eigenvalue weighted by Gasteiger charge is -2.27. The van der Waals surface area contributed by atoms with Crippen molar-refractivity contribution in [2.24, 2.45) is 4.99 Å². The third-order valence-corrected chi connectivity index (χ3v) is 7.82. The molecule has 3 aromatic rings. The van der Waals surface area contributed by atoms with E-state index in [9.17, 15) is 14.4 Å². The summed E-state index contributed by atoms with van der Waals surface area (Å²) in [4.78, 5) is 43.3. The second-order valence-corrected chi connectivity index (χ2v) is 11.0. The van der Waals surface area contributed by atoms with E-state index in [-0.39, 0.29) is 17.7 Å². The van der Waals surface area contributed by atoms with E-state index in [1.807, 2.05) is 6.92 Å². The second kappa shape index (κ2) is 12.8. The van der Waals surface area contributed by atoms with Crippen LogP contribution < -0.4 is 24.4 Å². The summed E-state index contributed by atoms with van der Waals surface area (Å²) in [6.07, 6.45) is 2.93. The topological polar surface area (TPSA) is 116 Å². The van der Waals surface area contributed by atoms with Gasteiger partial charge in [-0.25, -0.2) is 14.6 Å². The molecule has 0 aliphatic carbocycles. The van der Waals surface area contributed by atoms with Crippen LogP contribution in [-0.4, -0.2) is 41.9 Å². The Morgan fingerprint density at radius 2 is 1.95 bits per heavy atom. The fourth-order valence-corrected chi connectivity index (χ4v) is 6.06. The number of fused-ring (bicyclic) bond motifs is 1. The average Bonchev–Trinajstić information content (AvgIpc) is 3.21. The lowest BCUT2D eigenvalue weighted by molar-refractivity contribution is -0.140. The Hall–Kier alpha value is -3.41. The number of thiazole rings is 1. The second-order valence-electron chi connectivity index (χ2n) is 8.67. The number of carboxylic acid groups (broad SMARTS) is 1. The highest BCUT2D eigenvalue weighted by molar-refractivity contribution is 9.10. The van der Waals surface area contributed by atoms with Crippen molar-refractivity contribution in [3.05, 3.63) is 88.0 Å². The van der Waals surface area contributed by atoms with Crippen molar-refractivity contribution in [2.45, 2.75) is 32.7 Å². The molecule has 1 atom stereocenters. The van der Waals surface area contributed by atoms with Crippen LogP contribution in [0.5, 0.6) is 11.5 Å². The van der Waals surface area contributed by atoms with Gasteiger partial charge < -0.3 is 19.3 Å². The van der Waals surface area contributed by atoms with E-state index in [0.29, 0.717) is 53.6 Å². The van der Waals surface area contributed by atoms with Crippen molar-refractivity contribution in [3.63, 3.8) is 0 Å². The summed E-state index contributed by atoms with van der Waals surface area (Å²) in [5.41, 5.74) is 1.68. The van der Waals surface area contributed by atoms with Crippen molar-refractivity contribution in [1.82, 2.24) is 4.57 Å². The van der Waals surface area contributed by atoms with Crippen molar-refractivity contribution >= 4 is 56.9 Å². The maximum absolute atomic E-state index is 13.9. The number of hydrogen-bond donors (Lipinski definition) is 1. The summed E-state index contributed by atoms with van der Waals surface area (Å²) in [6.45, 7) is 3.38. The molecule has 4 rings (SSSR count). The molecule has 1 aliphatic rings. The van der Waals surface area contributed by atoms with E-state index in [2.05, 4.69) is 15.9 Å². The molecule has 0 unspecified atom stereocenters. The van der Waals surface area contributed by atoms with E-state index >= 15 is 0 Å². The number of methoxy groups -OCH3 is 1. The van der Waals surface area contributed by atoms with Gasteiger partial charge in [0.05, 0.1) is 34.0 Å². The maximum Gasteiger partial charge on any atom is 0.341 e. The number of aliphatic carboxylic acids is 1. The standard InChI is InChI=1S/C28H26BrClN2O7S/c1-4-6-19-24(27(36)38-5-2)25(17-13-16(30)8-10-20(17)37-3)32-26(35)22(40-28(32)31-19)12-15-7-9-21(18(29)11-15)39-14-23(33)34/h7-13,25H,4-6,14H2,1-3H3,(H,33,34)/b22-12-/t25-/m0/s1. The predicted molar refractivity (Wildman–Crippen MR) is 155 cm³/mol. The van der Waals surface area contributed by atoms with E-state index < -0.39 is 24.6 Å². The van der Waals surface area contributed by atoms with Gasteiger partial charge in [0.1, 0.15) is 17.5 Å². The van der Waals surface area contributed by atoms with Gasteiger partial charge in [-0.05, 0) is 71.2 Å². The Morgan fingerprint density at radius 1 is 1.20 bits per heavy atom. The van der Waals surface area contributed by atoms with Crippen LogP contribution in [0.3, 0.4) is 0 Å². The van der Waals surface area contributed by atoms with Crippen molar-refractivity contribution in [1.29, 1.82) is 0 Å². The maximum atomic E-state index is 13.9. The Kier molecular flexibility index (Phi) is 9.49. The van der Waals surface area contributed by atoms with Gasteiger partial charge in [-0.15, -0.1) is 0 Å². The van der Waals surface area contributed by atoms with Crippen LogP contribution in [0.4, 0.5) is 0 Å². The first-order valence-electron chi connectivity index (χ1n) is 12.4. The van der Waals surface area contributed by atoms with E-state index in [0.717, 1.165) is 6.42 Å². The summed E-state index contributed by atoms with van der Waals surface area (Å²) in [7, 11) is 1.51. The molecule has 12 heteroatoms. The largest absolute Gasteiger partial charge is 0.496 e. The van der Waals surface area contributed by atoms with Crippen LogP contribution in [0, 0.1) is 0 Å². The minimum atomic E-state index is -1.09. The molecule has 0 saturated carbocycles. The van der Waals surface area contributed by atoms with Gasteiger partial charge in [-0.3, -0.25) is 9.36 Å². The van der Waals surface area contributed by atoms with Crippen LogP contribution in [0.15, 0.2) is 61.9 Å². The third kappa shape index (κ3) is 6.16. The molecule has 0 radical (unpaired) electrons. The fourth-order valence-electron chi connectivity index (χ4n) is 4.35. The van der Waals surface area contributed by atoms with Crippen LogP contribution in [0.2, 0.25) is 5.02 Å². The third-order valence-electron chi connectivity index (χ3n) is 5.98. The van der Waals surface area contributed by atoms with Crippen molar-refractivity contribution < 1.29 is 28.9 Å². The smallest absolute Gasteiger partial charge is 0.341 e. The van der Waals surface area contributed by atoms with E-state index in [1.54, 1.807) is 49.4 Å². The molecule has 1 aliphatic heterocycles. The molecule has 0 bridgehead atoms. The molecule has 2 aromatic carbocycles. The fraction of sp³-hybridized carbons (Fsp3) is 0.286. The normalized spacial score (nSPS) is 14.9. The zero-order chi connectivity index (χ0) is 29.0. The van der Waals surface area contributed by atoms with Gasteiger partial charge in [-0.2, -0.15) is 0 Å². The monoisotopic (exact) mass is 648 g/mol. The van der Waals surface area contributed by atoms with Crippen LogP contribution in [-0.2, 0) is 14.3 Å². The molecule has 1 N–H and O–H groups in total. The minimum Gasteiger partial charge on any atom is -0.496 e. The lowest BCUT2D eigenvalue weighted by Crippen LogP contribution is -2.40. The van der Waals surface area contributed by atoms with Gasteiger partial charge in [-0.1, -0.05) is 42.3 Å². The number of esters is 1. The molecular formula is C28H26BrClN2O7S. The summed E-state index contributed by atoms with van der Waals surface area (Å²) in [5, 5.41) is 9.30. The number of halogens is 2. The summed E-state index contributed by atoms with van der Waals surface area (Å²) in [5.74, 6) is -0.828. The van der Waals surface area contributed by atoms with Crippen LogP contribution in [0.25, 0.3) is 6.08 Å². The average molecular weight is 650 g/mol. The predicted octanol–water partition coefficient (Wildman–Crippen LogP) is 4.47. The van der Waals surface area contributed by atoms with E-state index in [1.165, 1.54) is 23.0 Å². The SMILES string of the molecule is CCCC1=C(C(=O)OCC)[C@H](c2cc(Cl)ccc2OC)n2c(s/c(=C\c3ccc(OCC(=O)O)c(Br)c3)c2=O)=N1. The number of hydrogen-bond acceptors (Lipinski definition) is 8. The first-order chi connectivity index (χ1) is 19.2. The highest BCUT2D eigenvalue weighted by atomic mass is 79.9. The molecule has 0 fully saturated rings. The Balaban J connectivity index is 1.94. The van der Waals surface area contributed by atoms with Gasteiger partial charge >= 0.3 is 11.9 Å². The van der Waals surface area contributed by atoms with Crippen LogP contribution in [0.1, 0.15) is 43.9 Å². The number of benzene rings is 2. The quantitative estimate of drug-likeness (QED) is 0.322. The molecule has 2 heterocycles. The summed E-state index contributed by atoms with van der Waals surface area (Å²) >= 11 is 11.0. The Labute approximate surface area is 247 Å². The number of carbonyl (C=O) groups is 2. The van der Waals surface area contributed by atoms with Crippen molar-refractivity contribution in [2.75, 3.05) is 20.3 Å². The van der Waals surface area contributed by atoms with Gasteiger partial charge in [0, 0.05) is 10.6 Å². The Morgan fingerprint density at radius 3 is 2.60 bits per heavy atom. The molecular weight excluding hydrogens is 624 g/mol. The molecule has 210 valence electrons. The van der Waals surface area contributed by atoms with E-state index in [4.69, 9.17) is 35.9 Å². The number of aromatic nitrogens is 1. The van der Waals surface area contributed by atoms with Gasteiger partial charge in [0.2, 0.25) is 0 Å². The zero-order valence-corrected chi connectivity index (χ0v) is 25.1. The van der Waals surface area contributed by atoms with Gasteiger partial charge in [0.15, 0.2) is 11.4 Å². The highest BCUT2D eigenvalue weighted by Crippen LogP contribution is 2.38. The van der Waals surface area contributed by atoms with Crippen molar-refractivity contribution in [3.8, 4) is 11.5 Å². The molecule has 40 heavy (non-hydrogen) atoms. The number of nitrogens with zero attached hydrogens (tertiary/aromatic N) is 2. The summed E-state index contributed by atoms with van der Waals surface area (Å²) in [6, 6.07) is 9.24. The van der Waals surface area contributed by atoms with Crippen LogP contribution >= 0.6 is 38.9 Å². The first-order valence-corrected chi connectivity index (χ1v) is 14.4. The number of carbonyl (C=O) groups excluding carboxylic acids is 1. The number of rotatable bonds is 10. The number of carboxylic acids is 1. The zero-order valence-electron chi connectivity index (χ0n) is 21.9. The molecule has 0 amide bonds. The lowest BCUT2D eigenvalue weighted by atomic mass is 9.93. The summed E-state index contributed by atoms with van der Waals surface area (Å²) < 4.78 is 18.7. The molecule has 0 saturated heterocycles.